The molecule has 33 heteroatoms. The molecule has 16 N–H and O–H groups in total. The smallest absolute Gasteiger partial charge is 0.327 e. The highest BCUT2D eigenvalue weighted by molar-refractivity contribution is 6.35. The standard InChI is InChI=1S/C104H140N18O15/c1-74(2)52-58-91(124)117-72-83(68-80-42-20-9-21-43-80)110-98(131)99(132)116(73-85(109)123)90(70-82-46-24-11-25-47-82)115-104(137)122(96(129)63-57-79-40-18-8-19-41-79)89(51-29-33-67-108)114-103(136)121(95(128)62-56-78-38-16-7-17-39-78)88(50-28-32-66-107)113-102(135)120(94(127)61-55-77-36-14-6-15-37-77)87(49-27-31-65-106)112-101(134)119(93(126)60-54-76-34-12-5-13-35-76)86(48-26-30-64-105)111-100(133)118(92(125)59-53-75(3)4)84(71-97(117)130)69-81-44-22-10-23-45-81/h5-25,34-47,74-75,83-84,86-90H,26-33,48-73,105-108H2,1-4H3,(H2,109,123)(H,110,131)(H,111,133)(H,112,134)(H,113,135)(H,114,136)(H,115,137)/t83-,84+,86+,87+,88+,89+,90+/m0/s1. The van der Waals surface area contributed by atoms with Crippen LogP contribution in [0.1, 0.15) is 201 Å². The van der Waals surface area contributed by atoms with Crippen LogP contribution in [0.2, 0.25) is 0 Å². The van der Waals surface area contributed by atoms with Crippen LogP contribution in [0.25, 0.3) is 0 Å². The molecule has 20 amide bonds. The van der Waals surface area contributed by atoms with Crippen LogP contribution in [0.4, 0.5) is 24.0 Å². The van der Waals surface area contributed by atoms with Crippen LogP contribution in [0, 0.1) is 11.8 Å². The summed E-state index contributed by atoms with van der Waals surface area (Å²) in [5, 5.41) is 17.1. The second-order valence-corrected chi connectivity index (χ2v) is 35.5. The molecule has 0 spiro atoms. The van der Waals surface area contributed by atoms with Gasteiger partial charge in [0.15, 0.2) is 0 Å². The Morgan fingerprint density at radius 3 is 0.891 bits per heavy atom. The van der Waals surface area contributed by atoms with E-state index in [0.717, 1.165) is 24.5 Å². The lowest BCUT2D eigenvalue weighted by atomic mass is 9.98. The zero-order valence-corrected chi connectivity index (χ0v) is 79.6. The van der Waals surface area contributed by atoms with Crippen LogP contribution >= 0.6 is 0 Å². The molecule has 0 aliphatic carbocycles. The van der Waals surface area contributed by atoms with Gasteiger partial charge in [-0.15, -0.1) is 0 Å². The van der Waals surface area contributed by atoms with Gasteiger partial charge in [-0.1, -0.05) is 240 Å². The monoisotopic (exact) mass is 1880 g/mol. The molecule has 33 nitrogen and oxygen atoms in total. The molecule has 7 atom stereocenters. The van der Waals surface area contributed by atoms with Gasteiger partial charge in [0.2, 0.25) is 47.3 Å². The number of aryl methyl sites for hydroxylation is 4. The number of unbranched alkanes of at least 4 members (excludes halogenated alkanes) is 4. The normalized spacial score (nSPS) is 18.0. The third-order valence-corrected chi connectivity index (χ3v) is 23.8. The largest absolute Gasteiger partial charge is 0.368 e. The van der Waals surface area contributed by atoms with Gasteiger partial charge in [0.1, 0.15) is 37.4 Å². The summed E-state index contributed by atoms with van der Waals surface area (Å²) in [6, 6.07) is 51.4. The molecule has 7 aromatic carbocycles. The maximum absolute atomic E-state index is 16.6. The lowest BCUT2D eigenvalue weighted by Gasteiger charge is -2.39. The first-order valence-electron chi connectivity index (χ1n) is 48.0. The summed E-state index contributed by atoms with van der Waals surface area (Å²) in [7, 11) is 0. The Bertz CT molecular complexity index is 4990. The minimum atomic E-state index is -1.82. The van der Waals surface area contributed by atoms with E-state index in [1.165, 1.54) is 0 Å². The minimum absolute atomic E-state index is 0.00105. The predicted octanol–water partition coefficient (Wildman–Crippen LogP) is 10.9. The number of urea groups is 5. The van der Waals surface area contributed by atoms with Crippen molar-refractivity contribution in [2.45, 2.75) is 250 Å². The third kappa shape index (κ3) is 36.7. The highest BCUT2D eigenvalue weighted by atomic mass is 16.2. The Morgan fingerprint density at radius 2 is 0.591 bits per heavy atom. The molecule has 1 fully saturated rings. The second-order valence-electron chi connectivity index (χ2n) is 35.5. The van der Waals surface area contributed by atoms with E-state index in [9.17, 15) is 4.79 Å². The average Bonchev–Trinajstić information content (AvgIpc) is 0.805. The van der Waals surface area contributed by atoms with Gasteiger partial charge in [0, 0.05) is 57.9 Å². The van der Waals surface area contributed by atoms with Gasteiger partial charge in [-0.3, -0.25) is 57.7 Å². The van der Waals surface area contributed by atoms with Crippen molar-refractivity contribution >= 4 is 89.2 Å². The molecule has 0 saturated carbocycles. The molecule has 0 aromatic heterocycles. The van der Waals surface area contributed by atoms with Crippen LogP contribution < -0.4 is 60.6 Å². The molecule has 1 saturated heterocycles. The van der Waals surface area contributed by atoms with E-state index in [1.807, 2.05) is 27.7 Å². The molecule has 1 aliphatic heterocycles. The SMILES string of the molecule is CC(C)CCC(=O)N1C[C@H](Cc2ccccc2)NC(=O)C(=O)N(CC(N)=O)[C@H](Cc2ccccc2)NC(=O)N(C(=O)CCc2ccccc2)[C@H](CCCCN)NC(=O)N(C(=O)CCc2ccccc2)[C@H](CCCCN)NC(=O)N(C(=O)CCc2ccccc2)[C@H](CCCCN)NC(=O)N(C(=O)CCc2ccccc2)[C@H](CCCCN)NC(=O)N(C(=O)CCC(C)C)[C@H](Cc2ccccc2)CC1=O. The second kappa shape index (κ2) is 58.8. The van der Waals surface area contributed by atoms with Crippen LogP contribution in [0.3, 0.4) is 0 Å². The Labute approximate surface area is 804 Å². The van der Waals surface area contributed by atoms with Crippen LogP contribution in [0.15, 0.2) is 212 Å². The highest BCUT2D eigenvalue weighted by Gasteiger charge is 2.45. The Balaban J connectivity index is 1.46. The Morgan fingerprint density at radius 1 is 0.321 bits per heavy atom. The van der Waals surface area contributed by atoms with Gasteiger partial charge >= 0.3 is 42.0 Å². The van der Waals surface area contributed by atoms with Crippen molar-refractivity contribution in [2.24, 2.45) is 40.5 Å². The van der Waals surface area contributed by atoms with Gasteiger partial charge in [-0.25, -0.2) is 43.6 Å². The summed E-state index contributed by atoms with van der Waals surface area (Å²) in [5.41, 5.74) is 35.0. The summed E-state index contributed by atoms with van der Waals surface area (Å²) in [6.45, 7) is 5.98. The molecule has 0 radical (unpaired) electrons. The van der Waals surface area contributed by atoms with Gasteiger partial charge in [-0.2, -0.15) is 0 Å². The number of hydrogen-bond acceptors (Lipinski definition) is 19. The van der Waals surface area contributed by atoms with E-state index in [2.05, 4.69) is 31.9 Å². The van der Waals surface area contributed by atoms with Crippen molar-refractivity contribution in [3.63, 3.8) is 0 Å². The lowest BCUT2D eigenvalue weighted by molar-refractivity contribution is -0.150. The van der Waals surface area contributed by atoms with Crippen molar-refractivity contribution in [3.8, 4) is 0 Å². The topological polar surface area (TPSA) is 481 Å². The number of carbonyl (C=O) groups is 15. The summed E-state index contributed by atoms with van der Waals surface area (Å²) < 4.78 is 0. The number of nitrogens with zero attached hydrogens (tertiary/aromatic N) is 7. The van der Waals surface area contributed by atoms with E-state index in [-0.39, 0.29) is 179 Å². The summed E-state index contributed by atoms with van der Waals surface area (Å²) in [4.78, 5) is 245. The molecule has 736 valence electrons. The van der Waals surface area contributed by atoms with Gasteiger partial charge < -0.3 is 65.5 Å². The number of nitrogens with one attached hydrogen (secondary N) is 6. The fourth-order valence-electron chi connectivity index (χ4n) is 16.4. The number of rotatable bonds is 42. The third-order valence-electron chi connectivity index (χ3n) is 23.8. The number of primary amides is 1. The molecule has 7 aromatic rings. The van der Waals surface area contributed by atoms with E-state index in [0.29, 0.717) is 48.7 Å². The van der Waals surface area contributed by atoms with Gasteiger partial charge in [0.25, 0.3) is 0 Å². The van der Waals surface area contributed by atoms with E-state index >= 15 is 67.1 Å². The van der Waals surface area contributed by atoms with Gasteiger partial charge in [0.05, 0.1) is 12.1 Å². The maximum atomic E-state index is 16.6. The quantitative estimate of drug-likeness (QED) is 0.0125. The number of benzene rings is 7. The Hall–Kier alpha value is -13.4. The van der Waals surface area contributed by atoms with E-state index < -0.39 is 184 Å². The predicted molar refractivity (Wildman–Crippen MR) is 523 cm³/mol. The number of nitrogens with two attached hydrogens (primary N) is 5. The molecular weight excluding hydrogens is 1740 g/mol. The molecule has 137 heavy (non-hydrogen) atoms. The van der Waals surface area contributed by atoms with Crippen molar-refractivity contribution in [1.82, 2.24) is 66.2 Å². The molecule has 0 bridgehead atoms. The first-order valence-corrected chi connectivity index (χ1v) is 48.0. The minimum Gasteiger partial charge on any atom is -0.368 e. The number of carbonyl (C=O) groups excluding carboxylic acids is 15. The molecule has 8 rings (SSSR count). The van der Waals surface area contributed by atoms with Crippen molar-refractivity contribution in [2.75, 3.05) is 39.3 Å². The molecular formula is C104H140N18O15. The number of hydrogen-bond donors (Lipinski definition) is 11. The van der Waals surface area contributed by atoms with Crippen molar-refractivity contribution in [3.05, 3.63) is 251 Å². The van der Waals surface area contributed by atoms with Crippen LogP contribution in [-0.2, 0) is 92.9 Å². The zero-order chi connectivity index (χ0) is 99.0. The Kier molecular flexibility index (Phi) is 46.8. The molecule has 1 aliphatic rings. The fourth-order valence-corrected chi connectivity index (χ4v) is 16.4. The van der Waals surface area contributed by atoms with Gasteiger partial charge in [-0.05, 0) is 205 Å². The first kappa shape index (κ1) is 109. The summed E-state index contributed by atoms with van der Waals surface area (Å²) in [5.74, 6) is -10.6. The van der Waals surface area contributed by atoms with Crippen molar-refractivity contribution in [1.29, 1.82) is 0 Å². The molecule has 1 heterocycles. The van der Waals surface area contributed by atoms with E-state index in [4.69, 9.17) is 28.7 Å². The highest BCUT2D eigenvalue weighted by Crippen LogP contribution is 2.26. The summed E-state index contributed by atoms with van der Waals surface area (Å²) in [6.07, 6.45) is -12.2. The first-order chi connectivity index (χ1) is 66.1. The zero-order valence-electron chi connectivity index (χ0n) is 79.6. The van der Waals surface area contributed by atoms with Crippen LogP contribution in [0.5, 0.6) is 0 Å². The number of amides is 20. The van der Waals surface area contributed by atoms with E-state index in [1.54, 1.807) is 212 Å². The fraction of sp³-hybridized carbons (Fsp3) is 0.452. The molecule has 0 unspecified atom stereocenters. The average molecular weight is 1880 g/mol. The van der Waals surface area contributed by atoms with Crippen LogP contribution in [-0.4, -0.2) is 206 Å². The summed E-state index contributed by atoms with van der Waals surface area (Å²) >= 11 is 0. The number of imide groups is 6. The van der Waals surface area contributed by atoms with Crippen molar-refractivity contribution < 1.29 is 71.9 Å². The lowest BCUT2D eigenvalue weighted by Crippen LogP contribution is -2.66. The maximum Gasteiger partial charge on any atom is 0.327 e.